The average Bonchev–Trinajstić information content (AvgIpc) is 2.48. The number of hydrogen-bond donors (Lipinski definition) is 3. The molecule has 1 fully saturated rings. The molecule has 1 unspecified atom stereocenters. The fourth-order valence-corrected chi connectivity index (χ4v) is 2.25. The normalized spacial score (nSPS) is 19.6. The number of carbonyl (C=O) groups excluding carboxylic acids is 1. The summed E-state index contributed by atoms with van der Waals surface area (Å²) >= 11 is 0. The smallest absolute Gasteiger partial charge is 0.239 e. The second kappa shape index (κ2) is 7.18. The van der Waals surface area contributed by atoms with E-state index >= 15 is 0 Å². The van der Waals surface area contributed by atoms with E-state index in [2.05, 4.69) is 20.6 Å². The Morgan fingerprint density at radius 3 is 3.25 bits per heavy atom. The van der Waals surface area contributed by atoms with Crippen molar-refractivity contribution in [3.05, 3.63) is 23.9 Å². The van der Waals surface area contributed by atoms with Gasteiger partial charge in [0.25, 0.3) is 0 Å². The van der Waals surface area contributed by atoms with Gasteiger partial charge in [-0.05, 0) is 24.6 Å². The van der Waals surface area contributed by atoms with Crippen LogP contribution in [0.15, 0.2) is 18.3 Å². The number of hydrogen-bond acceptors (Lipinski definition) is 6. The highest BCUT2D eigenvalue weighted by Gasteiger charge is 2.28. The third-order valence-corrected chi connectivity index (χ3v) is 3.25. The molecule has 2 heterocycles. The SMILES string of the molecule is CCNC(=O)C1COCCN1Cc1ccnc(NN)c1. The largest absolute Gasteiger partial charge is 0.378 e. The first-order valence-corrected chi connectivity index (χ1v) is 6.75. The predicted octanol–water partition coefficient (Wildman–Crippen LogP) is -0.296. The minimum Gasteiger partial charge on any atom is -0.378 e. The summed E-state index contributed by atoms with van der Waals surface area (Å²) in [7, 11) is 0. The number of nitrogens with one attached hydrogen (secondary N) is 2. The number of ether oxygens (including phenoxy) is 1. The molecule has 0 spiro atoms. The molecule has 0 saturated carbocycles. The van der Waals surface area contributed by atoms with E-state index in [-0.39, 0.29) is 11.9 Å². The first-order chi connectivity index (χ1) is 9.74. The Bertz CT molecular complexity index is 454. The molecule has 2 rings (SSSR count). The summed E-state index contributed by atoms with van der Waals surface area (Å²) < 4.78 is 5.42. The molecule has 4 N–H and O–H groups in total. The number of likely N-dealkylation sites (N-methyl/N-ethyl adjacent to an activating group) is 1. The summed E-state index contributed by atoms with van der Waals surface area (Å²) in [5, 5.41) is 2.85. The molecule has 1 aromatic rings. The van der Waals surface area contributed by atoms with Crippen molar-refractivity contribution < 1.29 is 9.53 Å². The molecule has 7 nitrogen and oxygen atoms in total. The van der Waals surface area contributed by atoms with Crippen LogP contribution in [0.4, 0.5) is 5.82 Å². The van der Waals surface area contributed by atoms with Crippen LogP contribution in [0.2, 0.25) is 0 Å². The third kappa shape index (κ3) is 3.66. The zero-order valence-electron chi connectivity index (χ0n) is 11.6. The van der Waals surface area contributed by atoms with Crippen molar-refractivity contribution in [2.24, 2.45) is 5.84 Å². The predicted molar refractivity (Wildman–Crippen MR) is 75.7 cm³/mol. The van der Waals surface area contributed by atoms with Gasteiger partial charge in [-0.3, -0.25) is 9.69 Å². The Balaban J connectivity index is 2.06. The molecule has 1 aromatic heterocycles. The summed E-state index contributed by atoms with van der Waals surface area (Å²) in [4.78, 5) is 18.2. The lowest BCUT2D eigenvalue weighted by Crippen LogP contribution is -2.53. The van der Waals surface area contributed by atoms with Crippen LogP contribution < -0.4 is 16.6 Å². The molecule has 0 radical (unpaired) electrons. The van der Waals surface area contributed by atoms with Crippen molar-refractivity contribution in [1.82, 2.24) is 15.2 Å². The Morgan fingerprint density at radius 1 is 1.65 bits per heavy atom. The number of nitrogens with zero attached hydrogens (tertiary/aromatic N) is 2. The first kappa shape index (κ1) is 14.7. The minimum absolute atomic E-state index is 0.0124. The van der Waals surface area contributed by atoms with Crippen LogP contribution in [0.25, 0.3) is 0 Å². The molecule has 1 aliphatic heterocycles. The molecular formula is C13H21N5O2. The molecule has 1 saturated heterocycles. The van der Waals surface area contributed by atoms with E-state index in [1.54, 1.807) is 6.20 Å². The number of hydrazine groups is 1. The average molecular weight is 279 g/mol. The van der Waals surface area contributed by atoms with E-state index in [0.717, 1.165) is 12.1 Å². The van der Waals surface area contributed by atoms with E-state index in [1.807, 2.05) is 19.1 Å². The summed E-state index contributed by atoms with van der Waals surface area (Å²) in [6.45, 7) is 5.01. The van der Waals surface area contributed by atoms with E-state index in [0.29, 0.717) is 32.1 Å². The molecule has 0 bridgehead atoms. The van der Waals surface area contributed by atoms with Gasteiger partial charge in [-0.2, -0.15) is 0 Å². The zero-order valence-corrected chi connectivity index (χ0v) is 11.6. The highest BCUT2D eigenvalue weighted by molar-refractivity contribution is 5.81. The van der Waals surface area contributed by atoms with Crippen molar-refractivity contribution in [3.8, 4) is 0 Å². The van der Waals surface area contributed by atoms with Gasteiger partial charge in [0.1, 0.15) is 11.9 Å². The Morgan fingerprint density at radius 2 is 2.50 bits per heavy atom. The molecule has 1 aliphatic rings. The number of rotatable bonds is 5. The van der Waals surface area contributed by atoms with Crippen LogP contribution in [0, 0.1) is 0 Å². The van der Waals surface area contributed by atoms with Gasteiger partial charge in [-0.25, -0.2) is 10.8 Å². The molecule has 0 aliphatic carbocycles. The number of pyridine rings is 1. The van der Waals surface area contributed by atoms with Crippen molar-refractivity contribution in [2.75, 3.05) is 31.7 Å². The molecular weight excluding hydrogens is 258 g/mol. The maximum atomic E-state index is 12.0. The van der Waals surface area contributed by atoms with Crippen LogP contribution in [0.5, 0.6) is 0 Å². The lowest BCUT2D eigenvalue weighted by Gasteiger charge is -2.34. The molecule has 110 valence electrons. The summed E-state index contributed by atoms with van der Waals surface area (Å²) in [5.74, 6) is 5.99. The lowest BCUT2D eigenvalue weighted by atomic mass is 10.1. The molecule has 1 amide bonds. The van der Waals surface area contributed by atoms with Crippen molar-refractivity contribution in [3.63, 3.8) is 0 Å². The van der Waals surface area contributed by atoms with Crippen LogP contribution in [0.3, 0.4) is 0 Å². The molecule has 0 aromatic carbocycles. The summed E-state index contributed by atoms with van der Waals surface area (Å²) in [5.41, 5.74) is 3.58. The van der Waals surface area contributed by atoms with E-state index in [1.165, 1.54) is 0 Å². The second-order valence-electron chi connectivity index (χ2n) is 4.65. The number of carbonyl (C=O) groups is 1. The fourth-order valence-electron chi connectivity index (χ4n) is 2.25. The second-order valence-corrected chi connectivity index (χ2v) is 4.65. The standard InChI is InChI=1S/C13H21N5O2/c1-2-15-13(19)11-9-20-6-5-18(11)8-10-3-4-16-12(7-10)17-14/h3-4,7,11H,2,5-6,8-9,14H2,1H3,(H,15,19)(H,16,17). The quantitative estimate of drug-likeness (QED) is 0.506. The fraction of sp³-hybridized carbons (Fsp3) is 0.538. The number of nitrogens with two attached hydrogens (primary N) is 1. The minimum atomic E-state index is -0.244. The van der Waals surface area contributed by atoms with Crippen LogP contribution >= 0.6 is 0 Å². The van der Waals surface area contributed by atoms with Gasteiger partial charge in [0.2, 0.25) is 5.91 Å². The summed E-state index contributed by atoms with van der Waals surface area (Å²) in [6.07, 6.45) is 1.70. The Hall–Kier alpha value is -1.70. The monoisotopic (exact) mass is 279 g/mol. The number of nitrogen functional groups attached to an aromatic ring is 1. The van der Waals surface area contributed by atoms with Crippen molar-refractivity contribution in [2.45, 2.75) is 19.5 Å². The van der Waals surface area contributed by atoms with Gasteiger partial charge < -0.3 is 15.5 Å². The maximum Gasteiger partial charge on any atom is 0.239 e. The Kier molecular flexibility index (Phi) is 5.28. The highest BCUT2D eigenvalue weighted by atomic mass is 16.5. The van der Waals surface area contributed by atoms with E-state index < -0.39 is 0 Å². The highest BCUT2D eigenvalue weighted by Crippen LogP contribution is 2.14. The summed E-state index contributed by atoms with van der Waals surface area (Å²) in [6, 6.07) is 3.56. The van der Waals surface area contributed by atoms with E-state index in [4.69, 9.17) is 10.6 Å². The van der Waals surface area contributed by atoms with Crippen LogP contribution in [0.1, 0.15) is 12.5 Å². The third-order valence-electron chi connectivity index (χ3n) is 3.25. The molecule has 1 atom stereocenters. The first-order valence-electron chi connectivity index (χ1n) is 6.75. The van der Waals surface area contributed by atoms with Gasteiger partial charge in [0.05, 0.1) is 13.2 Å². The van der Waals surface area contributed by atoms with Crippen molar-refractivity contribution in [1.29, 1.82) is 0 Å². The number of amides is 1. The van der Waals surface area contributed by atoms with E-state index in [9.17, 15) is 4.79 Å². The van der Waals surface area contributed by atoms with Crippen LogP contribution in [-0.2, 0) is 16.1 Å². The van der Waals surface area contributed by atoms with Gasteiger partial charge in [-0.1, -0.05) is 0 Å². The maximum absolute atomic E-state index is 12.0. The van der Waals surface area contributed by atoms with Crippen LogP contribution in [-0.4, -0.2) is 48.1 Å². The molecule has 20 heavy (non-hydrogen) atoms. The van der Waals surface area contributed by atoms with Gasteiger partial charge >= 0.3 is 0 Å². The number of anilines is 1. The number of aromatic nitrogens is 1. The van der Waals surface area contributed by atoms with Gasteiger partial charge in [0.15, 0.2) is 0 Å². The zero-order chi connectivity index (χ0) is 14.4. The Labute approximate surface area is 118 Å². The lowest BCUT2D eigenvalue weighted by molar-refractivity contribution is -0.132. The number of morpholine rings is 1. The van der Waals surface area contributed by atoms with Gasteiger partial charge in [-0.15, -0.1) is 0 Å². The topological polar surface area (TPSA) is 92.5 Å². The van der Waals surface area contributed by atoms with Gasteiger partial charge in [0, 0.05) is 25.8 Å². The van der Waals surface area contributed by atoms with Crippen molar-refractivity contribution >= 4 is 11.7 Å². The molecule has 7 heteroatoms.